The third-order valence-electron chi connectivity index (χ3n) is 1.53. The molecule has 0 amide bonds. The SMILES string of the molecule is CC.CC.Cc1cc(N)c(C)c(F)c1. The van der Waals surface area contributed by atoms with E-state index in [9.17, 15) is 4.39 Å². The molecule has 2 N–H and O–H groups in total. The molecule has 1 rings (SSSR count). The van der Waals surface area contributed by atoms with Crippen LogP contribution in [0.1, 0.15) is 38.8 Å². The zero-order chi connectivity index (χ0) is 11.7. The summed E-state index contributed by atoms with van der Waals surface area (Å²) in [5.74, 6) is -0.225. The topological polar surface area (TPSA) is 26.0 Å². The van der Waals surface area contributed by atoms with Gasteiger partial charge in [0.2, 0.25) is 0 Å². The summed E-state index contributed by atoms with van der Waals surface area (Å²) < 4.78 is 12.8. The molecule has 1 nitrogen and oxygen atoms in total. The molecule has 0 aromatic heterocycles. The van der Waals surface area contributed by atoms with E-state index in [4.69, 9.17) is 5.73 Å². The molecule has 0 saturated heterocycles. The number of benzene rings is 1. The van der Waals surface area contributed by atoms with Crippen molar-refractivity contribution in [2.75, 3.05) is 5.73 Å². The molecule has 1 aromatic carbocycles. The van der Waals surface area contributed by atoms with Gasteiger partial charge in [-0.2, -0.15) is 0 Å². The lowest BCUT2D eigenvalue weighted by atomic mass is 10.1. The largest absolute Gasteiger partial charge is 0.398 e. The molecule has 2 heteroatoms. The summed E-state index contributed by atoms with van der Waals surface area (Å²) in [5, 5.41) is 0. The number of nitrogens with two attached hydrogens (primary N) is 1. The highest BCUT2D eigenvalue weighted by Crippen LogP contribution is 2.16. The van der Waals surface area contributed by atoms with Crippen molar-refractivity contribution in [3.63, 3.8) is 0 Å². The maximum Gasteiger partial charge on any atom is 0.128 e. The van der Waals surface area contributed by atoms with E-state index in [2.05, 4.69) is 0 Å². The number of hydrogen-bond donors (Lipinski definition) is 1. The van der Waals surface area contributed by atoms with Crippen LogP contribution in [0.15, 0.2) is 12.1 Å². The van der Waals surface area contributed by atoms with Gasteiger partial charge in [-0.15, -0.1) is 0 Å². The van der Waals surface area contributed by atoms with Crippen LogP contribution < -0.4 is 5.73 Å². The van der Waals surface area contributed by atoms with E-state index in [1.807, 2.05) is 34.6 Å². The minimum Gasteiger partial charge on any atom is -0.398 e. The summed E-state index contributed by atoms with van der Waals surface area (Å²) in [6, 6.07) is 3.24. The molecule has 0 spiro atoms. The summed E-state index contributed by atoms with van der Waals surface area (Å²) in [6.45, 7) is 11.5. The molecule has 0 bridgehead atoms. The first-order chi connectivity index (χ1) is 6.61. The molecule has 0 saturated carbocycles. The summed E-state index contributed by atoms with van der Waals surface area (Å²) in [7, 11) is 0. The Bertz CT molecular complexity index is 233. The van der Waals surface area contributed by atoms with Crippen molar-refractivity contribution in [3.05, 3.63) is 29.1 Å². The van der Waals surface area contributed by atoms with Crippen LogP contribution in [-0.2, 0) is 0 Å². The second-order valence-corrected chi connectivity index (χ2v) is 2.46. The summed E-state index contributed by atoms with van der Waals surface area (Å²) >= 11 is 0. The van der Waals surface area contributed by atoms with Gasteiger partial charge in [0.05, 0.1) is 0 Å². The summed E-state index contributed by atoms with van der Waals surface area (Å²) in [5.41, 5.74) is 7.40. The fourth-order valence-electron chi connectivity index (χ4n) is 0.841. The monoisotopic (exact) mass is 199 g/mol. The minimum atomic E-state index is -0.225. The van der Waals surface area contributed by atoms with Crippen LogP contribution in [0.5, 0.6) is 0 Å². The molecule has 0 atom stereocenters. The summed E-state index contributed by atoms with van der Waals surface area (Å²) in [4.78, 5) is 0. The smallest absolute Gasteiger partial charge is 0.128 e. The van der Waals surface area contributed by atoms with Crippen molar-refractivity contribution in [3.8, 4) is 0 Å². The zero-order valence-electron chi connectivity index (χ0n) is 10.1. The first-order valence-corrected chi connectivity index (χ1v) is 5.13. The first kappa shape index (κ1) is 15.4. The molecule has 14 heavy (non-hydrogen) atoms. The zero-order valence-corrected chi connectivity index (χ0v) is 10.1. The second-order valence-electron chi connectivity index (χ2n) is 2.46. The Labute approximate surface area is 87.1 Å². The van der Waals surface area contributed by atoms with E-state index in [1.54, 1.807) is 13.0 Å². The lowest BCUT2D eigenvalue weighted by Crippen LogP contribution is -1.93. The fourth-order valence-corrected chi connectivity index (χ4v) is 0.841. The van der Waals surface area contributed by atoms with Crippen molar-refractivity contribution in [1.82, 2.24) is 0 Å². The van der Waals surface area contributed by atoms with Crippen molar-refractivity contribution in [2.24, 2.45) is 0 Å². The van der Waals surface area contributed by atoms with Gasteiger partial charge in [0.1, 0.15) is 5.82 Å². The highest BCUT2D eigenvalue weighted by atomic mass is 19.1. The Kier molecular flexibility index (Phi) is 9.41. The third-order valence-corrected chi connectivity index (χ3v) is 1.53. The quantitative estimate of drug-likeness (QED) is 0.626. The van der Waals surface area contributed by atoms with Crippen molar-refractivity contribution in [1.29, 1.82) is 0 Å². The van der Waals surface area contributed by atoms with E-state index in [0.29, 0.717) is 11.3 Å². The van der Waals surface area contributed by atoms with Gasteiger partial charge in [-0.3, -0.25) is 0 Å². The standard InChI is InChI=1S/C8H10FN.2C2H6/c1-5-3-7(9)6(2)8(10)4-5;2*1-2/h3-4H,10H2,1-2H3;2*1-2H3. The van der Waals surface area contributed by atoms with Crippen LogP contribution in [0.3, 0.4) is 0 Å². The summed E-state index contributed by atoms with van der Waals surface area (Å²) in [6.07, 6.45) is 0. The maximum atomic E-state index is 12.8. The van der Waals surface area contributed by atoms with Gasteiger partial charge in [0, 0.05) is 11.3 Å². The van der Waals surface area contributed by atoms with Gasteiger partial charge in [-0.05, 0) is 31.5 Å². The van der Waals surface area contributed by atoms with Crippen LogP contribution in [0, 0.1) is 19.7 Å². The number of halogens is 1. The van der Waals surface area contributed by atoms with Gasteiger partial charge in [-0.25, -0.2) is 4.39 Å². The molecular formula is C12H22FN. The third kappa shape index (κ3) is 4.85. The van der Waals surface area contributed by atoms with E-state index in [-0.39, 0.29) is 5.82 Å². The molecule has 0 fully saturated rings. The first-order valence-electron chi connectivity index (χ1n) is 5.13. The Balaban J connectivity index is 0. The Morgan fingerprint density at radius 2 is 1.43 bits per heavy atom. The van der Waals surface area contributed by atoms with E-state index < -0.39 is 0 Å². The number of anilines is 1. The van der Waals surface area contributed by atoms with Crippen LogP contribution in [0.2, 0.25) is 0 Å². The molecule has 82 valence electrons. The molecular weight excluding hydrogens is 177 g/mol. The molecule has 0 unspecified atom stereocenters. The average molecular weight is 199 g/mol. The normalized spacial score (nSPS) is 7.93. The highest BCUT2D eigenvalue weighted by molar-refractivity contribution is 5.48. The van der Waals surface area contributed by atoms with Gasteiger partial charge in [-0.1, -0.05) is 27.7 Å². The van der Waals surface area contributed by atoms with Gasteiger partial charge in [0.15, 0.2) is 0 Å². The Morgan fingerprint density at radius 1 is 1.00 bits per heavy atom. The van der Waals surface area contributed by atoms with Crippen molar-refractivity contribution in [2.45, 2.75) is 41.5 Å². The number of nitrogen functional groups attached to an aromatic ring is 1. The highest BCUT2D eigenvalue weighted by Gasteiger charge is 2.00. The van der Waals surface area contributed by atoms with Gasteiger partial charge >= 0.3 is 0 Å². The molecule has 0 aliphatic carbocycles. The van der Waals surface area contributed by atoms with Crippen molar-refractivity contribution >= 4 is 5.69 Å². The van der Waals surface area contributed by atoms with E-state index in [0.717, 1.165) is 5.56 Å². The van der Waals surface area contributed by atoms with E-state index >= 15 is 0 Å². The molecule has 0 heterocycles. The number of rotatable bonds is 0. The predicted molar refractivity (Wildman–Crippen MR) is 63.0 cm³/mol. The van der Waals surface area contributed by atoms with Gasteiger partial charge < -0.3 is 5.73 Å². The van der Waals surface area contributed by atoms with E-state index in [1.165, 1.54) is 6.07 Å². The lowest BCUT2D eigenvalue weighted by Gasteiger charge is -2.01. The van der Waals surface area contributed by atoms with Gasteiger partial charge in [0.25, 0.3) is 0 Å². The Morgan fingerprint density at radius 3 is 1.79 bits per heavy atom. The van der Waals surface area contributed by atoms with Crippen molar-refractivity contribution < 1.29 is 4.39 Å². The average Bonchev–Trinajstić information content (AvgIpc) is 2.20. The maximum absolute atomic E-state index is 12.8. The van der Waals surface area contributed by atoms with Crippen LogP contribution >= 0.6 is 0 Å². The fraction of sp³-hybridized carbons (Fsp3) is 0.500. The van der Waals surface area contributed by atoms with Crippen LogP contribution in [0.4, 0.5) is 10.1 Å². The molecule has 0 aliphatic rings. The number of aryl methyl sites for hydroxylation is 1. The number of hydrogen-bond acceptors (Lipinski definition) is 1. The molecule has 0 radical (unpaired) electrons. The molecule has 0 aliphatic heterocycles. The van der Waals surface area contributed by atoms with Crippen LogP contribution in [0.25, 0.3) is 0 Å². The lowest BCUT2D eigenvalue weighted by molar-refractivity contribution is 0.618. The molecule has 1 aromatic rings. The van der Waals surface area contributed by atoms with Crippen LogP contribution in [-0.4, -0.2) is 0 Å². The predicted octanol–water partition coefficient (Wildman–Crippen LogP) is 4.08. The Hall–Kier alpha value is -1.05. The second kappa shape index (κ2) is 8.54. The minimum absolute atomic E-state index is 0.225.